The van der Waals surface area contributed by atoms with Crippen molar-refractivity contribution in [3.05, 3.63) is 11.5 Å². The van der Waals surface area contributed by atoms with Crippen LogP contribution in [0.15, 0.2) is 16.5 Å². The summed E-state index contributed by atoms with van der Waals surface area (Å²) in [7, 11) is 4.07. The molecule has 2 heterocycles. The number of nitrogens with zero attached hydrogens (tertiary/aromatic N) is 4. The minimum Gasteiger partial charge on any atom is -0.299 e. The van der Waals surface area contributed by atoms with Gasteiger partial charge < -0.3 is 0 Å². The Morgan fingerprint density at radius 3 is 2.85 bits per heavy atom. The molecule has 0 aliphatic carbocycles. The van der Waals surface area contributed by atoms with Crippen molar-refractivity contribution in [2.24, 2.45) is 4.99 Å². The molecule has 0 aromatic heterocycles. The number of hydrazine groups is 2. The van der Waals surface area contributed by atoms with Gasteiger partial charge in [0.2, 0.25) is 0 Å². The average molecular weight is 181 g/mol. The second-order valence-corrected chi connectivity index (χ2v) is 3.48. The van der Waals surface area contributed by atoms with Crippen LogP contribution in [0, 0.1) is 0 Å². The molecule has 0 atom stereocenters. The summed E-state index contributed by atoms with van der Waals surface area (Å²) in [6.07, 6.45) is 0. The molecule has 2 aliphatic heterocycles. The molecule has 0 aromatic carbocycles. The second kappa shape index (κ2) is 3.01. The number of aliphatic imine (C=N–C) groups is 1. The lowest BCUT2D eigenvalue weighted by molar-refractivity contribution is 0.105. The molecule has 0 radical (unpaired) electrons. The zero-order valence-corrected chi connectivity index (χ0v) is 8.12. The highest BCUT2D eigenvalue weighted by molar-refractivity contribution is 5.31. The van der Waals surface area contributed by atoms with E-state index in [1.165, 1.54) is 5.70 Å². The van der Waals surface area contributed by atoms with Crippen molar-refractivity contribution in [3.63, 3.8) is 0 Å². The highest BCUT2D eigenvalue weighted by Crippen LogP contribution is 2.22. The number of nitrogens with one attached hydrogen (secondary N) is 1. The summed E-state index contributed by atoms with van der Waals surface area (Å²) in [6, 6.07) is 0. The van der Waals surface area contributed by atoms with Gasteiger partial charge in [-0.25, -0.2) is 4.99 Å². The van der Waals surface area contributed by atoms with Crippen LogP contribution in [0.5, 0.6) is 0 Å². The van der Waals surface area contributed by atoms with Gasteiger partial charge in [-0.1, -0.05) is 0 Å². The Kier molecular flexibility index (Phi) is 1.97. The first-order valence-corrected chi connectivity index (χ1v) is 4.38. The van der Waals surface area contributed by atoms with Gasteiger partial charge in [-0.15, -0.1) is 5.53 Å². The lowest BCUT2D eigenvalue weighted by atomic mass is 10.3. The van der Waals surface area contributed by atoms with E-state index in [-0.39, 0.29) is 0 Å². The SMILES string of the molecule is C=NC1=C2CN(C)CCN2NN1C. The average Bonchev–Trinajstić information content (AvgIpc) is 2.40. The van der Waals surface area contributed by atoms with Crippen molar-refractivity contribution in [2.45, 2.75) is 0 Å². The largest absolute Gasteiger partial charge is 0.299 e. The molecule has 0 amide bonds. The summed E-state index contributed by atoms with van der Waals surface area (Å²) < 4.78 is 0. The van der Waals surface area contributed by atoms with Crippen LogP contribution in [0.25, 0.3) is 0 Å². The van der Waals surface area contributed by atoms with Crippen LogP contribution in [0.2, 0.25) is 0 Å². The molecule has 0 saturated carbocycles. The Bertz CT molecular complexity index is 259. The normalized spacial score (nSPS) is 23.8. The van der Waals surface area contributed by atoms with Crippen molar-refractivity contribution in [1.82, 2.24) is 20.5 Å². The molecule has 72 valence electrons. The minimum atomic E-state index is 0.936. The van der Waals surface area contributed by atoms with Gasteiger partial charge in [0, 0.05) is 26.7 Å². The predicted octanol–water partition coefficient (Wildman–Crippen LogP) is -0.531. The van der Waals surface area contributed by atoms with E-state index in [2.05, 4.69) is 34.2 Å². The fourth-order valence-electron chi connectivity index (χ4n) is 1.75. The maximum Gasteiger partial charge on any atom is 0.165 e. The Hall–Kier alpha value is -1.07. The molecule has 1 N–H and O–H groups in total. The summed E-state index contributed by atoms with van der Waals surface area (Å²) in [4.78, 5) is 6.29. The lowest BCUT2D eigenvalue weighted by Gasteiger charge is -2.31. The molecule has 2 rings (SSSR count). The van der Waals surface area contributed by atoms with Gasteiger partial charge in [0.05, 0.1) is 5.70 Å². The third-order valence-corrected chi connectivity index (χ3v) is 2.45. The smallest absolute Gasteiger partial charge is 0.165 e. The third-order valence-electron chi connectivity index (χ3n) is 2.45. The number of hydrogen-bond donors (Lipinski definition) is 1. The summed E-state index contributed by atoms with van der Waals surface area (Å²) in [5, 5.41) is 4.03. The summed E-state index contributed by atoms with van der Waals surface area (Å²) in [5.74, 6) is 0.937. The van der Waals surface area contributed by atoms with Crippen LogP contribution >= 0.6 is 0 Å². The molecule has 2 aliphatic rings. The van der Waals surface area contributed by atoms with Crippen molar-refractivity contribution in [3.8, 4) is 0 Å². The number of rotatable bonds is 1. The molecule has 5 nitrogen and oxygen atoms in total. The molecule has 0 aromatic rings. The molecule has 0 unspecified atom stereocenters. The highest BCUT2D eigenvalue weighted by Gasteiger charge is 2.29. The number of piperazine rings is 1. The quantitative estimate of drug-likeness (QED) is 0.551. The predicted molar refractivity (Wildman–Crippen MR) is 51.7 cm³/mol. The molecular formula is C8H15N5. The molecule has 1 fully saturated rings. The third kappa shape index (κ3) is 1.30. The van der Waals surface area contributed by atoms with Crippen molar-refractivity contribution in [2.75, 3.05) is 33.7 Å². The molecule has 0 spiro atoms. The lowest BCUT2D eigenvalue weighted by Crippen LogP contribution is -2.47. The van der Waals surface area contributed by atoms with E-state index in [1.807, 2.05) is 12.1 Å². The molecule has 13 heavy (non-hydrogen) atoms. The Morgan fingerprint density at radius 2 is 2.15 bits per heavy atom. The van der Waals surface area contributed by atoms with Gasteiger partial charge >= 0.3 is 0 Å². The van der Waals surface area contributed by atoms with E-state index in [0.717, 1.165) is 25.5 Å². The summed E-state index contributed by atoms with van der Waals surface area (Å²) in [5.41, 5.74) is 4.42. The van der Waals surface area contributed by atoms with Gasteiger partial charge in [0.15, 0.2) is 5.82 Å². The summed E-state index contributed by atoms with van der Waals surface area (Å²) in [6.45, 7) is 6.58. The van der Waals surface area contributed by atoms with Crippen LogP contribution in [0.3, 0.4) is 0 Å². The van der Waals surface area contributed by atoms with E-state index < -0.39 is 0 Å². The molecular weight excluding hydrogens is 166 g/mol. The van der Waals surface area contributed by atoms with Crippen LogP contribution < -0.4 is 5.53 Å². The first-order valence-electron chi connectivity index (χ1n) is 4.38. The number of likely N-dealkylation sites (N-methyl/N-ethyl adjacent to an activating group) is 1. The topological polar surface area (TPSA) is 34.1 Å². The minimum absolute atomic E-state index is 0.936. The van der Waals surface area contributed by atoms with E-state index in [1.54, 1.807) is 0 Å². The molecule has 0 bridgehead atoms. The fourth-order valence-corrected chi connectivity index (χ4v) is 1.75. The maximum absolute atomic E-state index is 4.01. The Labute approximate surface area is 78.3 Å². The summed E-state index contributed by atoms with van der Waals surface area (Å²) >= 11 is 0. The van der Waals surface area contributed by atoms with E-state index in [0.29, 0.717) is 0 Å². The standard InChI is InChI=1S/C8H15N5/c1-9-8-7-6-11(2)4-5-13(7)10-12(8)3/h10H,1,4-6H2,2-3H3. The van der Waals surface area contributed by atoms with Crippen LogP contribution in [-0.4, -0.2) is 55.4 Å². The zero-order valence-electron chi connectivity index (χ0n) is 8.12. The van der Waals surface area contributed by atoms with Crippen molar-refractivity contribution < 1.29 is 0 Å². The van der Waals surface area contributed by atoms with Crippen LogP contribution in [-0.2, 0) is 0 Å². The Balaban J connectivity index is 2.27. The Morgan fingerprint density at radius 1 is 1.38 bits per heavy atom. The van der Waals surface area contributed by atoms with Crippen LogP contribution in [0.4, 0.5) is 0 Å². The van der Waals surface area contributed by atoms with E-state index in [9.17, 15) is 0 Å². The van der Waals surface area contributed by atoms with E-state index >= 15 is 0 Å². The molecule has 1 saturated heterocycles. The van der Waals surface area contributed by atoms with Gasteiger partial charge in [-0.3, -0.25) is 14.9 Å². The zero-order chi connectivity index (χ0) is 9.42. The number of hydrogen-bond acceptors (Lipinski definition) is 5. The first-order chi connectivity index (χ1) is 6.22. The second-order valence-electron chi connectivity index (χ2n) is 3.48. The van der Waals surface area contributed by atoms with Gasteiger partial charge in [-0.2, -0.15) is 0 Å². The molecule has 5 heteroatoms. The highest BCUT2D eigenvalue weighted by atomic mass is 15.8. The maximum atomic E-state index is 4.01. The fraction of sp³-hybridized carbons (Fsp3) is 0.625. The van der Waals surface area contributed by atoms with Crippen molar-refractivity contribution >= 4 is 6.72 Å². The number of fused-ring (bicyclic) bond motifs is 1. The van der Waals surface area contributed by atoms with Crippen LogP contribution in [0.1, 0.15) is 0 Å². The van der Waals surface area contributed by atoms with Gasteiger partial charge in [0.25, 0.3) is 0 Å². The van der Waals surface area contributed by atoms with E-state index in [4.69, 9.17) is 0 Å². The van der Waals surface area contributed by atoms with Crippen molar-refractivity contribution in [1.29, 1.82) is 0 Å². The van der Waals surface area contributed by atoms with Gasteiger partial charge in [-0.05, 0) is 13.8 Å². The monoisotopic (exact) mass is 181 g/mol. The van der Waals surface area contributed by atoms with Gasteiger partial charge in [0.1, 0.15) is 0 Å². The first kappa shape index (κ1) is 8.52.